The Morgan fingerprint density at radius 1 is 1.10 bits per heavy atom. The summed E-state index contributed by atoms with van der Waals surface area (Å²) >= 11 is 5.93. The van der Waals surface area contributed by atoms with Gasteiger partial charge in [0.2, 0.25) is 5.91 Å². The number of carbonyl (C=O) groups excluding carboxylic acids is 1. The lowest BCUT2D eigenvalue weighted by Gasteiger charge is -2.20. The monoisotopic (exact) mass is 604 g/mol. The average Bonchev–Trinajstić information content (AvgIpc) is 3.54. The minimum atomic E-state index is -4.94. The van der Waals surface area contributed by atoms with Crippen molar-refractivity contribution in [2.45, 2.75) is 63.9 Å². The number of rotatable bonds is 9. The zero-order valence-corrected chi connectivity index (χ0v) is 23.1. The van der Waals surface area contributed by atoms with Crippen molar-refractivity contribution in [1.29, 1.82) is 0 Å². The SMILES string of the molecule is O=C(CC1CCCCC1)Nc1ncccc1-n1cnc(Cn2nc(-c3ccc(Cl)cc3)n(C[C@H](O)C(F)(F)F)c2=O)n1. The van der Waals surface area contributed by atoms with Crippen molar-refractivity contribution in [2.24, 2.45) is 5.92 Å². The second kappa shape index (κ2) is 12.4. The van der Waals surface area contributed by atoms with Crippen LogP contribution in [0.25, 0.3) is 17.1 Å². The first-order chi connectivity index (χ1) is 20.1. The third kappa shape index (κ3) is 6.87. The van der Waals surface area contributed by atoms with E-state index in [1.54, 1.807) is 12.1 Å². The fourth-order valence-corrected chi connectivity index (χ4v) is 5.06. The number of alkyl halides is 3. The molecule has 1 atom stereocenters. The maximum absolute atomic E-state index is 13.2. The van der Waals surface area contributed by atoms with Gasteiger partial charge in [-0.05, 0) is 55.2 Å². The maximum Gasteiger partial charge on any atom is 0.416 e. The van der Waals surface area contributed by atoms with Crippen molar-refractivity contribution in [3.63, 3.8) is 0 Å². The first kappa shape index (κ1) is 29.5. The van der Waals surface area contributed by atoms with Crippen LogP contribution in [0.5, 0.6) is 0 Å². The molecule has 0 unspecified atom stereocenters. The number of halogens is 4. The molecule has 4 aromatic rings. The second-order valence-corrected chi connectivity index (χ2v) is 10.6. The van der Waals surface area contributed by atoms with E-state index >= 15 is 0 Å². The third-order valence-corrected chi connectivity index (χ3v) is 7.33. The van der Waals surface area contributed by atoms with E-state index in [4.69, 9.17) is 11.6 Å². The average molecular weight is 605 g/mol. The Balaban J connectivity index is 1.38. The highest BCUT2D eigenvalue weighted by Gasteiger charge is 2.39. The number of aromatic nitrogens is 7. The Hall–Kier alpha value is -4.04. The van der Waals surface area contributed by atoms with Crippen LogP contribution >= 0.6 is 11.6 Å². The molecule has 2 N–H and O–H groups in total. The van der Waals surface area contributed by atoms with E-state index < -0.39 is 24.5 Å². The van der Waals surface area contributed by atoms with Crippen molar-refractivity contribution in [3.8, 4) is 17.1 Å². The molecule has 5 rings (SSSR count). The summed E-state index contributed by atoms with van der Waals surface area (Å²) < 4.78 is 42.5. The number of carbonyl (C=O) groups is 1. The van der Waals surface area contributed by atoms with Gasteiger partial charge in [-0.25, -0.2) is 24.1 Å². The van der Waals surface area contributed by atoms with Crippen LogP contribution in [0.4, 0.5) is 19.0 Å². The fourth-order valence-electron chi connectivity index (χ4n) is 4.93. The minimum Gasteiger partial charge on any atom is -0.382 e. The molecule has 42 heavy (non-hydrogen) atoms. The Morgan fingerprint density at radius 2 is 1.83 bits per heavy atom. The van der Waals surface area contributed by atoms with Crippen LogP contribution in [-0.4, -0.2) is 57.4 Å². The fraction of sp³-hybridized carbons (Fsp3) is 0.407. The van der Waals surface area contributed by atoms with Gasteiger partial charge in [-0.15, -0.1) is 10.2 Å². The van der Waals surface area contributed by atoms with Gasteiger partial charge in [0.25, 0.3) is 0 Å². The largest absolute Gasteiger partial charge is 0.416 e. The summed E-state index contributed by atoms with van der Waals surface area (Å²) in [4.78, 5) is 34.4. The molecule has 15 heteroatoms. The molecule has 1 saturated carbocycles. The van der Waals surface area contributed by atoms with Gasteiger partial charge in [0, 0.05) is 23.2 Å². The van der Waals surface area contributed by atoms with Crippen LogP contribution in [0.2, 0.25) is 5.02 Å². The van der Waals surface area contributed by atoms with Gasteiger partial charge in [0.1, 0.15) is 18.6 Å². The lowest BCUT2D eigenvalue weighted by atomic mass is 9.87. The lowest BCUT2D eigenvalue weighted by molar-refractivity contribution is -0.207. The highest BCUT2D eigenvalue weighted by molar-refractivity contribution is 6.30. The van der Waals surface area contributed by atoms with E-state index in [0.717, 1.165) is 34.9 Å². The third-order valence-electron chi connectivity index (χ3n) is 7.08. The normalized spacial score (nSPS) is 15.1. The van der Waals surface area contributed by atoms with E-state index in [1.807, 2.05) is 0 Å². The summed E-state index contributed by atoms with van der Waals surface area (Å²) in [6.07, 6.45) is 1.10. The van der Waals surface area contributed by atoms with E-state index in [0.29, 0.717) is 34.4 Å². The number of benzene rings is 1. The van der Waals surface area contributed by atoms with Crippen molar-refractivity contribution >= 4 is 23.3 Å². The lowest BCUT2D eigenvalue weighted by Crippen LogP contribution is -2.37. The molecule has 1 amide bonds. The molecule has 1 aliphatic carbocycles. The molecule has 3 aromatic heterocycles. The van der Waals surface area contributed by atoms with Gasteiger partial charge in [-0.1, -0.05) is 30.9 Å². The van der Waals surface area contributed by atoms with Crippen LogP contribution in [-0.2, 0) is 17.9 Å². The summed E-state index contributed by atoms with van der Waals surface area (Å²) in [7, 11) is 0. The van der Waals surface area contributed by atoms with Gasteiger partial charge in [0.15, 0.2) is 23.6 Å². The quantitative estimate of drug-likeness (QED) is 0.292. The number of hydrogen-bond acceptors (Lipinski definition) is 7. The van der Waals surface area contributed by atoms with Crippen LogP contribution < -0.4 is 11.0 Å². The number of nitrogens with one attached hydrogen (secondary N) is 1. The Morgan fingerprint density at radius 3 is 2.55 bits per heavy atom. The maximum atomic E-state index is 13.2. The molecule has 1 aliphatic rings. The number of anilines is 1. The van der Waals surface area contributed by atoms with Gasteiger partial charge >= 0.3 is 11.9 Å². The molecule has 3 heterocycles. The molecule has 0 bridgehead atoms. The summed E-state index contributed by atoms with van der Waals surface area (Å²) in [5, 5.41) is 21.5. The predicted molar refractivity (Wildman–Crippen MR) is 147 cm³/mol. The molecular formula is C27H28ClF3N8O3. The molecule has 0 spiro atoms. The highest BCUT2D eigenvalue weighted by Crippen LogP contribution is 2.27. The molecular weight excluding hydrogens is 577 g/mol. The molecule has 222 valence electrons. The van der Waals surface area contributed by atoms with E-state index in [-0.39, 0.29) is 24.1 Å². The van der Waals surface area contributed by atoms with Gasteiger partial charge in [-0.3, -0.25) is 9.36 Å². The van der Waals surface area contributed by atoms with Crippen molar-refractivity contribution in [3.05, 3.63) is 70.3 Å². The van der Waals surface area contributed by atoms with Crippen LogP contribution in [0.3, 0.4) is 0 Å². The number of hydrogen-bond donors (Lipinski definition) is 2. The molecule has 0 radical (unpaired) electrons. The zero-order valence-electron chi connectivity index (χ0n) is 22.3. The van der Waals surface area contributed by atoms with Crippen LogP contribution in [0, 0.1) is 5.92 Å². The Bertz CT molecular complexity index is 1590. The van der Waals surface area contributed by atoms with Crippen molar-refractivity contribution in [1.82, 2.24) is 34.1 Å². The molecule has 11 nitrogen and oxygen atoms in total. The van der Waals surface area contributed by atoms with Crippen molar-refractivity contribution < 1.29 is 23.1 Å². The van der Waals surface area contributed by atoms with Crippen LogP contribution in [0.15, 0.2) is 53.7 Å². The summed E-state index contributed by atoms with van der Waals surface area (Å²) in [6.45, 7) is -1.33. The Labute approximate surface area is 243 Å². The smallest absolute Gasteiger partial charge is 0.382 e. The molecule has 1 fully saturated rings. The highest BCUT2D eigenvalue weighted by atomic mass is 35.5. The predicted octanol–water partition coefficient (Wildman–Crippen LogP) is 4.22. The summed E-state index contributed by atoms with van der Waals surface area (Å²) in [5.74, 6) is 0.535. The van der Waals surface area contributed by atoms with Gasteiger partial charge in [0.05, 0.1) is 6.54 Å². The number of aliphatic hydroxyl groups excluding tert-OH is 1. The topological polar surface area (TPSA) is 133 Å². The first-order valence-electron chi connectivity index (χ1n) is 13.4. The van der Waals surface area contributed by atoms with E-state index in [2.05, 4.69) is 25.5 Å². The van der Waals surface area contributed by atoms with Crippen molar-refractivity contribution in [2.75, 3.05) is 5.32 Å². The molecule has 0 saturated heterocycles. The zero-order chi connectivity index (χ0) is 29.9. The second-order valence-electron chi connectivity index (χ2n) is 10.2. The number of pyridine rings is 1. The number of nitrogens with zero attached hydrogens (tertiary/aromatic N) is 7. The van der Waals surface area contributed by atoms with Gasteiger partial charge in [-0.2, -0.15) is 13.2 Å². The van der Waals surface area contributed by atoms with E-state index in [1.165, 1.54) is 47.9 Å². The standard InChI is InChI=1S/C27H28ClF3N8O3/c28-19-10-8-18(9-11-19)25-36-38(26(42)37(25)14-21(40)27(29,30)31)15-22-33-16-39(35-22)20-7-4-12-32-24(20)34-23(41)13-17-5-2-1-3-6-17/h4,7-12,16-17,21,40H,1-3,5-6,13-15H2,(H,32,34,41)/t21-/m0/s1. The van der Waals surface area contributed by atoms with Crippen LogP contribution in [0.1, 0.15) is 44.3 Å². The molecule has 0 aliphatic heterocycles. The summed E-state index contributed by atoms with van der Waals surface area (Å²) in [6, 6.07) is 9.39. The molecule has 1 aromatic carbocycles. The summed E-state index contributed by atoms with van der Waals surface area (Å²) in [5.41, 5.74) is -0.120. The number of amides is 1. The number of aliphatic hydroxyl groups is 1. The first-order valence-corrected chi connectivity index (χ1v) is 13.8. The van der Waals surface area contributed by atoms with Gasteiger partial charge < -0.3 is 10.4 Å². The minimum absolute atomic E-state index is 0.0883. The van der Waals surface area contributed by atoms with E-state index in [9.17, 15) is 27.9 Å². The Kier molecular flexibility index (Phi) is 8.73.